The fourth-order valence-corrected chi connectivity index (χ4v) is 1.31. The van der Waals surface area contributed by atoms with E-state index in [1.165, 1.54) is 5.56 Å². The summed E-state index contributed by atoms with van der Waals surface area (Å²) in [6, 6.07) is 8.69. The average Bonchev–Trinajstić information content (AvgIpc) is 2.03. The van der Waals surface area contributed by atoms with E-state index in [1.807, 2.05) is 6.92 Å². The third-order valence-electron chi connectivity index (χ3n) is 1.80. The molecule has 0 aliphatic heterocycles. The minimum absolute atomic E-state index is 0. The number of aryl methyl sites for hydroxylation is 1. The van der Waals surface area contributed by atoms with Gasteiger partial charge in [-0.3, -0.25) is 0 Å². The SMILES string of the molecule is CC(N)CCc1ccc(Br)cc1.Cl. The van der Waals surface area contributed by atoms with Crippen LogP contribution >= 0.6 is 28.3 Å². The van der Waals surface area contributed by atoms with Gasteiger partial charge in [-0.05, 0) is 37.5 Å². The highest BCUT2D eigenvalue weighted by Crippen LogP contribution is 2.11. The van der Waals surface area contributed by atoms with Crippen LogP contribution in [0.3, 0.4) is 0 Å². The number of hydrogen-bond acceptors (Lipinski definition) is 1. The van der Waals surface area contributed by atoms with Crippen LogP contribution in [0.5, 0.6) is 0 Å². The van der Waals surface area contributed by atoms with E-state index in [9.17, 15) is 0 Å². The first-order valence-electron chi connectivity index (χ1n) is 4.18. The van der Waals surface area contributed by atoms with Gasteiger partial charge in [0.1, 0.15) is 0 Å². The Morgan fingerprint density at radius 3 is 2.31 bits per heavy atom. The van der Waals surface area contributed by atoms with E-state index in [4.69, 9.17) is 5.73 Å². The van der Waals surface area contributed by atoms with E-state index >= 15 is 0 Å². The van der Waals surface area contributed by atoms with Gasteiger partial charge in [0, 0.05) is 10.5 Å². The highest BCUT2D eigenvalue weighted by atomic mass is 79.9. The van der Waals surface area contributed by atoms with Crippen LogP contribution < -0.4 is 5.73 Å². The number of rotatable bonds is 3. The van der Waals surface area contributed by atoms with Gasteiger partial charge in [-0.25, -0.2) is 0 Å². The summed E-state index contributed by atoms with van der Waals surface area (Å²) >= 11 is 3.40. The van der Waals surface area contributed by atoms with Gasteiger partial charge in [0.25, 0.3) is 0 Å². The van der Waals surface area contributed by atoms with E-state index in [2.05, 4.69) is 40.2 Å². The molecule has 1 unspecified atom stereocenters. The molecule has 0 spiro atoms. The van der Waals surface area contributed by atoms with Crippen molar-refractivity contribution in [2.45, 2.75) is 25.8 Å². The van der Waals surface area contributed by atoms with Gasteiger partial charge in [-0.2, -0.15) is 0 Å². The number of halogens is 2. The topological polar surface area (TPSA) is 26.0 Å². The van der Waals surface area contributed by atoms with Gasteiger partial charge in [-0.15, -0.1) is 12.4 Å². The average molecular weight is 265 g/mol. The molecule has 74 valence electrons. The second-order valence-corrected chi connectivity index (χ2v) is 4.06. The molecule has 0 saturated heterocycles. The van der Waals surface area contributed by atoms with E-state index in [-0.39, 0.29) is 12.4 Å². The highest BCUT2D eigenvalue weighted by molar-refractivity contribution is 9.10. The molecule has 0 radical (unpaired) electrons. The summed E-state index contributed by atoms with van der Waals surface area (Å²) in [6.07, 6.45) is 2.13. The van der Waals surface area contributed by atoms with Crippen molar-refractivity contribution in [3.8, 4) is 0 Å². The minimum Gasteiger partial charge on any atom is -0.328 e. The van der Waals surface area contributed by atoms with Crippen LogP contribution in [0.25, 0.3) is 0 Å². The summed E-state index contributed by atoms with van der Waals surface area (Å²) in [4.78, 5) is 0. The lowest BCUT2D eigenvalue weighted by Crippen LogP contribution is -2.15. The van der Waals surface area contributed by atoms with Crippen LogP contribution in [-0.4, -0.2) is 6.04 Å². The summed E-state index contributed by atoms with van der Waals surface area (Å²) < 4.78 is 1.13. The van der Waals surface area contributed by atoms with Crippen LogP contribution in [-0.2, 0) is 6.42 Å². The Balaban J connectivity index is 0.00000144. The van der Waals surface area contributed by atoms with E-state index < -0.39 is 0 Å². The van der Waals surface area contributed by atoms with Gasteiger partial charge in [0.05, 0.1) is 0 Å². The monoisotopic (exact) mass is 263 g/mol. The molecular formula is C10H15BrClN. The molecule has 0 saturated carbocycles. The Bertz CT molecular complexity index is 233. The highest BCUT2D eigenvalue weighted by Gasteiger charge is 1.96. The van der Waals surface area contributed by atoms with Crippen LogP contribution in [0.4, 0.5) is 0 Å². The standard InChI is InChI=1S/C10H14BrN.ClH/c1-8(12)2-3-9-4-6-10(11)7-5-9;/h4-8H,2-3,12H2,1H3;1H. The Morgan fingerprint density at radius 2 is 1.85 bits per heavy atom. The van der Waals surface area contributed by atoms with Crippen molar-refractivity contribution in [1.29, 1.82) is 0 Å². The molecule has 1 rings (SSSR count). The minimum atomic E-state index is 0. The first kappa shape index (κ1) is 12.9. The maximum absolute atomic E-state index is 5.66. The molecule has 1 aromatic carbocycles. The Morgan fingerprint density at radius 1 is 1.31 bits per heavy atom. The molecule has 0 aromatic heterocycles. The molecule has 0 bridgehead atoms. The Labute approximate surface area is 94.3 Å². The first-order chi connectivity index (χ1) is 5.68. The zero-order chi connectivity index (χ0) is 8.97. The molecule has 1 aromatic rings. The van der Waals surface area contributed by atoms with Gasteiger partial charge in [0.15, 0.2) is 0 Å². The molecule has 0 aliphatic carbocycles. The molecule has 13 heavy (non-hydrogen) atoms. The summed E-state index contributed by atoms with van der Waals surface area (Å²) in [6.45, 7) is 2.04. The third kappa shape index (κ3) is 5.29. The van der Waals surface area contributed by atoms with E-state index in [0.717, 1.165) is 17.3 Å². The molecule has 3 heteroatoms. The third-order valence-corrected chi connectivity index (χ3v) is 2.33. The first-order valence-corrected chi connectivity index (χ1v) is 4.98. The summed E-state index contributed by atoms with van der Waals surface area (Å²) in [5.74, 6) is 0. The van der Waals surface area contributed by atoms with Crippen LogP contribution in [0.1, 0.15) is 18.9 Å². The van der Waals surface area contributed by atoms with Crippen LogP contribution in [0.2, 0.25) is 0 Å². The van der Waals surface area contributed by atoms with Gasteiger partial charge in [0.2, 0.25) is 0 Å². The molecule has 0 heterocycles. The molecule has 0 fully saturated rings. The van der Waals surface area contributed by atoms with Crippen molar-refractivity contribution in [1.82, 2.24) is 0 Å². The predicted molar refractivity (Wildman–Crippen MR) is 63.4 cm³/mol. The van der Waals surface area contributed by atoms with Gasteiger partial charge < -0.3 is 5.73 Å². The second-order valence-electron chi connectivity index (χ2n) is 3.14. The number of nitrogens with two attached hydrogens (primary N) is 1. The molecule has 0 aliphatic rings. The lowest BCUT2D eigenvalue weighted by atomic mass is 10.1. The molecular weight excluding hydrogens is 249 g/mol. The summed E-state index contributed by atoms with van der Waals surface area (Å²) in [7, 11) is 0. The maximum Gasteiger partial charge on any atom is 0.0175 e. The molecule has 0 amide bonds. The van der Waals surface area contributed by atoms with Crippen molar-refractivity contribution in [2.75, 3.05) is 0 Å². The molecule has 1 nitrogen and oxygen atoms in total. The van der Waals surface area contributed by atoms with Gasteiger partial charge >= 0.3 is 0 Å². The van der Waals surface area contributed by atoms with Crippen LogP contribution in [0.15, 0.2) is 28.7 Å². The fraction of sp³-hybridized carbons (Fsp3) is 0.400. The normalized spacial score (nSPS) is 11.9. The lowest BCUT2D eigenvalue weighted by molar-refractivity contribution is 0.666. The smallest absolute Gasteiger partial charge is 0.0175 e. The van der Waals surface area contributed by atoms with Crippen molar-refractivity contribution >= 4 is 28.3 Å². The number of benzene rings is 1. The van der Waals surface area contributed by atoms with Crippen molar-refractivity contribution in [2.24, 2.45) is 5.73 Å². The van der Waals surface area contributed by atoms with Crippen molar-refractivity contribution in [3.63, 3.8) is 0 Å². The van der Waals surface area contributed by atoms with Crippen LogP contribution in [0, 0.1) is 0 Å². The maximum atomic E-state index is 5.66. The lowest BCUT2D eigenvalue weighted by Gasteiger charge is -2.04. The Kier molecular flexibility index (Phi) is 6.39. The summed E-state index contributed by atoms with van der Waals surface area (Å²) in [5, 5.41) is 0. The largest absolute Gasteiger partial charge is 0.328 e. The predicted octanol–water partition coefficient (Wildman–Crippen LogP) is 3.15. The summed E-state index contributed by atoms with van der Waals surface area (Å²) in [5.41, 5.74) is 7.02. The van der Waals surface area contributed by atoms with Gasteiger partial charge in [-0.1, -0.05) is 28.1 Å². The van der Waals surface area contributed by atoms with E-state index in [1.54, 1.807) is 0 Å². The zero-order valence-electron chi connectivity index (χ0n) is 7.66. The van der Waals surface area contributed by atoms with Crippen molar-refractivity contribution < 1.29 is 0 Å². The Hall–Kier alpha value is -0.0500. The quantitative estimate of drug-likeness (QED) is 0.892. The number of hydrogen-bond donors (Lipinski definition) is 1. The molecule has 1 atom stereocenters. The van der Waals surface area contributed by atoms with Crippen molar-refractivity contribution in [3.05, 3.63) is 34.3 Å². The molecule has 2 N–H and O–H groups in total. The second kappa shape index (κ2) is 6.41. The fourth-order valence-electron chi connectivity index (χ4n) is 1.05. The zero-order valence-corrected chi connectivity index (χ0v) is 10.1. The van der Waals surface area contributed by atoms with E-state index in [0.29, 0.717) is 6.04 Å².